The summed E-state index contributed by atoms with van der Waals surface area (Å²) in [5.41, 5.74) is 5.55. The van der Waals surface area contributed by atoms with Gasteiger partial charge in [0, 0.05) is 17.3 Å². The van der Waals surface area contributed by atoms with Gasteiger partial charge in [-0.25, -0.2) is 0 Å². The van der Waals surface area contributed by atoms with Gasteiger partial charge in [-0.2, -0.15) is 0 Å². The highest BCUT2D eigenvalue weighted by atomic mass is 35.5. The first-order valence-electron chi connectivity index (χ1n) is 5.97. The van der Waals surface area contributed by atoms with Crippen molar-refractivity contribution in [2.24, 2.45) is 0 Å². The average Bonchev–Trinajstić information content (AvgIpc) is 2.35. The minimum Gasteiger partial charge on any atom is -0.398 e. The Bertz CT molecular complexity index is 431. The summed E-state index contributed by atoms with van der Waals surface area (Å²) < 4.78 is 0. The molecule has 0 aliphatic carbocycles. The van der Waals surface area contributed by atoms with E-state index in [-0.39, 0.29) is 12.5 Å². The number of nitrogens with two attached hydrogens (primary N) is 1. The van der Waals surface area contributed by atoms with Crippen molar-refractivity contribution in [2.45, 2.75) is 32.3 Å². The van der Waals surface area contributed by atoms with Gasteiger partial charge in [0.1, 0.15) is 0 Å². The molecule has 1 rings (SSSR count). The summed E-state index contributed by atoms with van der Waals surface area (Å²) in [6.07, 6.45) is 1.17. The van der Waals surface area contributed by atoms with E-state index in [1.54, 1.807) is 12.1 Å². The van der Waals surface area contributed by atoms with Gasteiger partial charge in [0.2, 0.25) is 0 Å². The molecule has 4 nitrogen and oxygen atoms in total. The first-order valence-corrected chi connectivity index (χ1v) is 6.35. The third-order valence-corrected chi connectivity index (χ3v) is 3.39. The second-order valence-corrected chi connectivity index (χ2v) is 4.78. The largest absolute Gasteiger partial charge is 0.398 e. The van der Waals surface area contributed by atoms with Crippen LogP contribution < -0.4 is 11.1 Å². The molecule has 1 aromatic rings. The fourth-order valence-electron chi connectivity index (χ4n) is 1.58. The number of amides is 1. The van der Waals surface area contributed by atoms with Crippen LogP contribution in [0.25, 0.3) is 0 Å². The summed E-state index contributed by atoms with van der Waals surface area (Å²) in [7, 11) is 0. The maximum Gasteiger partial charge on any atom is 0.253 e. The van der Waals surface area contributed by atoms with Crippen molar-refractivity contribution < 1.29 is 9.90 Å². The maximum absolute atomic E-state index is 11.9. The Morgan fingerprint density at radius 1 is 1.44 bits per heavy atom. The molecule has 0 bridgehead atoms. The monoisotopic (exact) mass is 270 g/mol. The lowest BCUT2D eigenvalue weighted by Gasteiger charge is -2.25. The van der Waals surface area contributed by atoms with Gasteiger partial charge in [-0.1, -0.05) is 25.4 Å². The molecule has 1 aromatic carbocycles. The smallest absolute Gasteiger partial charge is 0.253 e. The molecular weight excluding hydrogens is 252 g/mol. The molecule has 0 saturated carbocycles. The van der Waals surface area contributed by atoms with E-state index in [0.717, 1.165) is 0 Å². The van der Waals surface area contributed by atoms with Crippen molar-refractivity contribution in [2.75, 3.05) is 12.3 Å². The van der Waals surface area contributed by atoms with E-state index in [2.05, 4.69) is 5.32 Å². The summed E-state index contributed by atoms with van der Waals surface area (Å²) in [5, 5.41) is 13.2. The predicted molar refractivity (Wildman–Crippen MR) is 73.7 cm³/mol. The molecule has 1 amide bonds. The van der Waals surface area contributed by atoms with Crippen molar-refractivity contribution in [3.8, 4) is 0 Å². The van der Waals surface area contributed by atoms with E-state index in [4.69, 9.17) is 17.3 Å². The predicted octanol–water partition coefficient (Wildman–Crippen LogP) is 2.20. The van der Waals surface area contributed by atoms with E-state index >= 15 is 0 Å². The van der Waals surface area contributed by atoms with Gasteiger partial charge in [-0.05, 0) is 31.0 Å². The molecule has 0 radical (unpaired) electrons. The summed E-state index contributed by atoms with van der Waals surface area (Å²) in [5.74, 6) is -0.301. The highest BCUT2D eigenvalue weighted by Gasteiger charge is 2.23. The van der Waals surface area contributed by atoms with Gasteiger partial charge < -0.3 is 16.2 Å². The lowest BCUT2D eigenvalue weighted by Crippen LogP contribution is -2.42. The second-order valence-electron chi connectivity index (χ2n) is 4.35. The van der Waals surface area contributed by atoms with Crippen LogP contribution in [-0.4, -0.2) is 23.2 Å². The Hall–Kier alpha value is -1.26. The summed E-state index contributed by atoms with van der Waals surface area (Å²) in [6.45, 7) is 3.97. The highest BCUT2D eigenvalue weighted by molar-refractivity contribution is 6.31. The Morgan fingerprint density at radius 3 is 2.56 bits per heavy atom. The van der Waals surface area contributed by atoms with Crippen molar-refractivity contribution in [3.05, 3.63) is 28.8 Å². The van der Waals surface area contributed by atoms with Crippen molar-refractivity contribution in [1.82, 2.24) is 5.32 Å². The zero-order valence-corrected chi connectivity index (χ0v) is 11.4. The molecule has 0 atom stereocenters. The molecule has 0 fully saturated rings. The van der Waals surface area contributed by atoms with Crippen LogP contribution in [0.2, 0.25) is 5.02 Å². The lowest BCUT2D eigenvalue weighted by atomic mass is 9.97. The van der Waals surface area contributed by atoms with E-state index in [1.165, 1.54) is 6.07 Å². The molecule has 18 heavy (non-hydrogen) atoms. The number of carbonyl (C=O) groups is 1. The van der Waals surface area contributed by atoms with Crippen LogP contribution in [0.4, 0.5) is 5.69 Å². The number of aliphatic hydroxyl groups is 1. The number of halogens is 1. The van der Waals surface area contributed by atoms with Crippen molar-refractivity contribution >= 4 is 23.2 Å². The van der Waals surface area contributed by atoms with Crippen LogP contribution in [-0.2, 0) is 0 Å². The Morgan fingerprint density at radius 2 is 2.06 bits per heavy atom. The van der Waals surface area contributed by atoms with E-state index in [0.29, 0.717) is 29.1 Å². The van der Waals surface area contributed by atoms with Crippen LogP contribution in [0.15, 0.2) is 18.2 Å². The first kappa shape index (κ1) is 14.8. The summed E-state index contributed by atoms with van der Waals surface area (Å²) in [6, 6.07) is 4.71. The van der Waals surface area contributed by atoms with Crippen LogP contribution in [0.3, 0.4) is 0 Å². The zero-order valence-electron chi connectivity index (χ0n) is 10.7. The maximum atomic E-state index is 11.9. The minimum absolute atomic E-state index is 0.209. The minimum atomic E-state index is -0.864. The lowest BCUT2D eigenvalue weighted by molar-refractivity contribution is 0.0314. The molecular formula is C13H19ClN2O2. The number of nitrogen functional groups attached to an aromatic ring is 1. The SMILES string of the molecule is CCC(O)(CC)CNC(=O)c1ccc(Cl)cc1N. The Kier molecular flexibility index (Phi) is 4.99. The molecule has 0 aliphatic rings. The summed E-state index contributed by atoms with van der Waals surface area (Å²) >= 11 is 5.76. The number of carbonyl (C=O) groups excluding carboxylic acids is 1. The van der Waals surface area contributed by atoms with Crippen LogP contribution in [0.1, 0.15) is 37.0 Å². The van der Waals surface area contributed by atoms with Crippen LogP contribution in [0, 0.1) is 0 Å². The third kappa shape index (κ3) is 3.62. The average molecular weight is 271 g/mol. The molecule has 0 spiro atoms. The Balaban J connectivity index is 2.71. The molecule has 5 heteroatoms. The fraction of sp³-hybridized carbons (Fsp3) is 0.462. The third-order valence-electron chi connectivity index (χ3n) is 3.15. The second kappa shape index (κ2) is 6.07. The van der Waals surface area contributed by atoms with Gasteiger partial charge in [0.15, 0.2) is 0 Å². The number of hydrogen-bond acceptors (Lipinski definition) is 3. The molecule has 4 N–H and O–H groups in total. The molecule has 0 aromatic heterocycles. The van der Waals surface area contributed by atoms with Crippen LogP contribution >= 0.6 is 11.6 Å². The zero-order chi connectivity index (χ0) is 13.8. The van der Waals surface area contributed by atoms with Crippen molar-refractivity contribution in [1.29, 1.82) is 0 Å². The normalized spacial score (nSPS) is 11.3. The highest BCUT2D eigenvalue weighted by Crippen LogP contribution is 2.18. The number of benzene rings is 1. The van der Waals surface area contributed by atoms with Crippen molar-refractivity contribution in [3.63, 3.8) is 0 Å². The number of anilines is 1. The molecule has 0 unspecified atom stereocenters. The molecule has 100 valence electrons. The molecule has 0 saturated heterocycles. The topological polar surface area (TPSA) is 75.3 Å². The van der Waals surface area contributed by atoms with Gasteiger partial charge in [0.05, 0.1) is 11.2 Å². The number of nitrogens with one attached hydrogen (secondary N) is 1. The van der Waals surface area contributed by atoms with E-state index in [1.807, 2.05) is 13.8 Å². The fourth-order valence-corrected chi connectivity index (χ4v) is 1.76. The summed E-state index contributed by atoms with van der Waals surface area (Å²) in [4.78, 5) is 11.9. The van der Waals surface area contributed by atoms with E-state index in [9.17, 15) is 9.90 Å². The molecule has 0 aliphatic heterocycles. The van der Waals surface area contributed by atoms with E-state index < -0.39 is 5.60 Å². The van der Waals surface area contributed by atoms with Gasteiger partial charge >= 0.3 is 0 Å². The standard InChI is InChI=1S/C13H19ClN2O2/c1-3-13(18,4-2)8-16-12(17)10-6-5-9(14)7-11(10)15/h5-7,18H,3-4,8,15H2,1-2H3,(H,16,17). The quantitative estimate of drug-likeness (QED) is 0.718. The number of hydrogen-bond donors (Lipinski definition) is 3. The first-order chi connectivity index (χ1) is 8.41. The Labute approximate surface area is 112 Å². The van der Waals surface area contributed by atoms with Crippen LogP contribution in [0.5, 0.6) is 0 Å². The molecule has 0 heterocycles. The van der Waals surface area contributed by atoms with Gasteiger partial charge in [0.25, 0.3) is 5.91 Å². The number of rotatable bonds is 5. The van der Waals surface area contributed by atoms with Gasteiger partial charge in [-0.15, -0.1) is 0 Å². The van der Waals surface area contributed by atoms with Gasteiger partial charge in [-0.3, -0.25) is 4.79 Å².